The van der Waals surface area contributed by atoms with Gasteiger partial charge in [0, 0.05) is 0 Å². The fourth-order valence-electron chi connectivity index (χ4n) is 1.14. The number of rotatable bonds is 6. The maximum atomic E-state index is 10.5. The van der Waals surface area contributed by atoms with Gasteiger partial charge in [-0.3, -0.25) is 4.79 Å². The van der Waals surface area contributed by atoms with Crippen LogP contribution in [-0.2, 0) is 4.79 Å². The van der Waals surface area contributed by atoms with Crippen molar-refractivity contribution in [1.29, 1.82) is 0 Å². The molecule has 0 spiro atoms. The van der Waals surface area contributed by atoms with E-state index in [0.717, 1.165) is 32.1 Å². The summed E-state index contributed by atoms with van der Waals surface area (Å²) in [4.78, 5) is 10.5. The van der Waals surface area contributed by atoms with Crippen molar-refractivity contribution in [3.05, 3.63) is 0 Å². The minimum absolute atomic E-state index is 0. The first-order valence-electron chi connectivity index (χ1n) is 4.45. The molecule has 1 atom stereocenters. The largest absolute Gasteiger partial charge is 3.00 e. The average Bonchev–Trinajstić information content (AvgIpc) is 1.97. The Morgan fingerprint density at radius 3 is 1.93 bits per heavy atom. The molecule has 0 aromatic heterocycles. The van der Waals surface area contributed by atoms with Gasteiger partial charge in [0.25, 0.3) is 0 Å². The van der Waals surface area contributed by atoms with E-state index in [-0.39, 0.29) is 58.0 Å². The maximum absolute atomic E-state index is 10.5. The third-order valence-electron chi connectivity index (χ3n) is 2.00. The van der Waals surface area contributed by atoms with Gasteiger partial charge >= 0.3 is 58.1 Å². The van der Waals surface area contributed by atoms with E-state index in [1.54, 1.807) is 0 Å². The van der Waals surface area contributed by atoms with Crippen molar-refractivity contribution in [1.82, 2.24) is 0 Å². The van der Waals surface area contributed by atoms with E-state index >= 15 is 0 Å². The van der Waals surface area contributed by atoms with Crippen molar-refractivity contribution in [2.45, 2.75) is 46.0 Å². The Bertz CT molecular complexity index is 121. The molecule has 0 aromatic carbocycles. The Balaban J connectivity index is -0.000000167. The van der Waals surface area contributed by atoms with E-state index in [2.05, 4.69) is 6.92 Å². The van der Waals surface area contributed by atoms with E-state index in [9.17, 15) is 4.79 Å². The summed E-state index contributed by atoms with van der Waals surface area (Å²) in [7, 11) is 0. The Morgan fingerprint density at radius 1 is 1.14 bits per heavy atom. The summed E-state index contributed by atoms with van der Waals surface area (Å²) in [5, 5.41) is 8.67. The molecule has 0 aliphatic heterocycles. The van der Waals surface area contributed by atoms with Crippen LogP contribution < -0.4 is 0 Å². The first-order valence-corrected chi connectivity index (χ1v) is 4.45. The fourth-order valence-corrected chi connectivity index (χ4v) is 1.14. The summed E-state index contributed by atoms with van der Waals surface area (Å²) in [6.45, 7) is 4.06. The number of unbranched alkanes of at least 4 members (excludes halogenated alkanes) is 2. The molecule has 2 nitrogen and oxygen atoms in total. The summed E-state index contributed by atoms with van der Waals surface area (Å²) in [6.07, 6.45) is 4.99. The van der Waals surface area contributed by atoms with Crippen molar-refractivity contribution in [3.8, 4) is 0 Å². The topological polar surface area (TPSA) is 37.3 Å². The number of carbonyl (C=O) groups is 1. The predicted octanol–water partition coefficient (Wildman–Crippen LogP) is 1.54. The van der Waals surface area contributed by atoms with Crippen LogP contribution in [0.2, 0.25) is 0 Å². The van der Waals surface area contributed by atoms with E-state index in [1.165, 1.54) is 0 Å². The zero-order chi connectivity index (χ0) is 8.69. The van der Waals surface area contributed by atoms with Gasteiger partial charge in [-0.05, 0) is 12.8 Å². The molecule has 0 rings (SSSR count). The van der Waals surface area contributed by atoms with E-state index in [1.807, 2.05) is 6.92 Å². The molecule has 0 heterocycles. The van der Waals surface area contributed by atoms with Crippen LogP contribution in [0.5, 0.6) is 0 Å². The Labute approximate surface area is 119 Å². The van der Waals surface area contributed by atoms with Gasteiger partial charge in [-0.25, -0.2) is 0 Å². The van der Waals surface area contributed by atoms with Gasteiger partial charge in [-0.15, -0.1) is 0 Å². The first kappa shape index (κ1) is 24.3. The van der Waals surface area contributed by atoms with Gasteiger partial charge in [-0.2, -0.15) is 0 Å². The van der Waals surface area contributed by atoms with Crippen molar-refractivity contribution in [2.24, 2.45) is 5.92 Å². The third-order valence-corrected chi connectivity index (χ3v) is 2.00. The van der Waals surface area contributed by atoms with Crippen LogP contribution in [0.15, 0.2) is 0 Å². The summed E-state index contributed by atoms with van der Waals surface area (Å²) >= 11 is 0. The van der Waals surface area contributed by atoms with E-state index in [4.69, 9.17) is 5.11 Å². The second-order valence-electron chi connectivity index (χ2n) is 2.94. The van der Waals surface area contributed by atoms with Crippen LogP contribution in [0.3, 0.4) is 0 Å². The van der Waals surface area contributed by atoms with Gasteiger partial charge in [0.05, 0.1) is 5.92 Å². The Kier molecular flexibility index (Phi) is 28.7. The molecule has 0 saturated heterocycles. The Hall–Kier alpha value is 1.07. The predicted molar refractivity (Wildman–Crippen MR) is 62.8 cm³/mol. The molecule has 0 radical (unpaired) electrons. The Morgan fingerprint density at radius 2 is 1.64 bits per heavy atom. The summed E-state index contributed by atoms with van der Waals surface area (Å²) < 4.78 is 0. The molecule has 5 heteroatoms. The molecular weight excluding hydrogens is 221 g/mol. The molecule has 0 saturated carbocycles. The average molecular weight is 239 g/mol. The van der Waals surface area contributed by atoms with Crippen LogP contribution in [-0.4, -0.2) is 63.2 Å². The normalized spacial score (nSPS) is 10.1. The van der Waals surface area contributed by atoms with Gasteiger partial charge in [-0.1, -0.05) is 33.1 Å². The second kappa shape index (κ2) is 16.5. The number of carboxylic acid groups (broad SMARTS) is 1. The molecule has 1 N–H and O–H groups in total. The van der Waals surface area contributed by atoms with Crippen LogP contribution >= 0.6 is 0 Å². The molecule has 0 aromatic rings. The van der Waals surface area contributed by atoms with E-state index in [0.29, 0.717) is 0 Å². The number of aliphatic carboxylic acids is 1. The minimum Gasteiger partial charge on any atom is -0.481 e. The van der Waals surface area contributed by atoms with Crippen LogP contribution in [0, 0.1) is 5.92 Å². The van der Waals surface area contributed by atoms with E-state index < -0.39 is 5.97 Å². The summed E-state index contributed by atoms with van der Waals surface area (Å²) in [6, 6.07) is 0. The molecular formula is C9H18Al3O2+9. The zero-order valence-electron chi connectivity index (χ0n) is 9.20. The number of carboxylic acids is 1. The monoisotopic (exact) mass is 239 g/mol. The molecule has 0 bridgehead atoms. The SMILES string of the molecule is CCCCCC(CC)C(=O)O.[Al+3].[Al+3].[Al+3]. The number of hydrogen-bond donors (Lipinski definition) is 1. The number of hydrogen-bond acceptors (Lipinski definition) is 1. The zero-order valence-corrected chi connectivity index (χ0v) is 12.7. The van der Waals surface area contributed by atoms with Crippen molar-refractivity contribution >= 4 is 58.1 Å². The van der Waals surface area contributed by atoms with Crippen LogP contribution in [0.1, 0.15) is 46.0 Å². The molecule has 66 valence electrons. The van der Waals surface area contributed by atoms with Crippen LogP contribution in [0.4, 0.5) is 0 Å². The molecule has 0 aliphatic rings. The molecule has 1 unspecified atom stereocenters. The fraction of sp³-hybridized carbons (Fsp3) is 0.889. The molecule has 14 heavy (non-hydrogen) atoms. The summed E-state index contributed by atoms with van der Waals surface area (Å²) in [5.41, 5.74) is 0. The quantitative estimate of drug-likeness (QED) is 0.564. The minimum atomic E-state index is -0.636. The maximum Gasteiger partial charge on any atom is 3.00 e. The van der Waals surface area contributed by atoms with Gasteiger partial charge in [0.2, 0.25) is 0 Å². The summed E-state index contributed by atoms with van der Waals surface area (Å²) in [5.74, 6) is -0.745. The van der Waals surface area contributed by atoms with Crippen molar-refractivity contribution in [3.63, 3.8) is 0 Å². The van der Waals surface area contributed by atoms with Gasteiger partial charge < -0.3 is 5.11 Å². The van der Waals surface area contributed by atoms with Crippen molar-refractivity contribution in [2.75, 3.05) is 0 Å². The molecule has 0 fully saturated rings. The van der Waals surface area contributed by atoms with Crippen LogP contribution in [0.25, 0.3) is 0 Å². The first-order chi connectivity index (χ1) is 5.22. The molecule has 0 amide bonds. The second-order valence-corrected chi connectivity index (χ2v) is 2.94. The van der Waals surface area contributed by atoms with Crippen molar-refractivity contribution < 1.29 is 9.90 Å². The van der Waals surface area contributed by atoms with Gasteiger partial charge in [0.15, 0.2) is 0 Å². The third kappa shape index (κ3) is 13.1. The standard InChI is InChI=1S/C9H18O2.3Al/c1-3-5-6-7-8(4-2)9(10)11;;;/h8H,3-7H2,1-2H3,(H,10,11);;;/q;3*+3. The smallest absolute Gasteiger partial charge is 0.481 e. The molecule has 0 aliphatic carbocycles. The van der Waals surface area contributed by atoms with Gasteiger partial charge in [0.1, 0.15) is 0 Å².